The van der Waals surface area contributed by atoms with Gasteiger partial charge < -0.3 is 5.11 Å². The van der Waals surface area contributed by atoms with Gasteiger partial charge in [0, 0.05) is 25.5 Å². The molecule has 1 fully saturated rings. The third-order valence-electron chi connectivity index (χ3n) is 2.41. The normalized spacial score (nSPS) is 18.6. The largest absolute Gasteiger partial charge is 0.478 e. The highest BCUT2D eigenvalue weighted by molar-refractivity contribution is 5.96. The molecule has 0 aromatic carbocycles. The topological polar surface area (TPSA) is 74.7 Å². The molecule has 88 valence electrons. The minimum Gasteiger partial charge on any atom is -0.478 e. The van der Waals surface area contributed by atoms with Crippen molar-refractivity contribution in [1.29, 1.82) is 0 Å². The number of imide groups is 1. The van der Waals surface area contributed by atoms with Crippen LogP contribution in [0.25, 0.3) is 0 Å². The van der Waals surface area contributed by atoms with Gasteiger partial charge in [-0.25, -0.2) is 4.79 Å². The quantitative estimate of drug-likeness (QED) is 0.573. The van der Waals surface area contributed by atoms with Gasteiger partial charge in [-0.1, -0.05) is 0 Å². The van der Waals surface area contributed by atoms with Gasteiger partial charge in [0.15, 0.2) is 0 Å². The first-order valence-electron chi connectivity index (χ1n) is 5.24. The first-order chi connectivity index (χ1) is 7.50. The number of carboxylic acid groups (broad SMARTS) is 1. The maximum Gasteiger partial charge on any atom is 0.328 e. The van der Waals surface area contributed by atoms with E-state index in [1.165, 1.54) is 0 Å². The third kappa shape index (κ3) is 3.49. The molecule has 2 amide bonds. The highest BCUT2D eigenvalue weighted by Gasteiger charge is 2.23. The molecule has 0 aliphatic carbocycles. The molecule has 0 atom stereocenters. The fraction of sp³-hybridized carbons (Fsp3) is 0.545. The van der Waals surface area contributed by atoms with Gasteiger partial charge in [-0.2, -0.15) is 0 Å². The van der Waals surface area contributed by atoms with Gasteiger partial charge in [-0.05, 0) is 25.3 Å². The van der Waals surface area contributed by atoms with Crippen LogP contribution in [-0.2, 0) is 14.4 Å². The molecule has 1 rings (SSSR count). The average Bonchev–Trinajstić information content (AvgIpc) is 2.31. The summed E-state index contributed by atoms with van der Waals surface area (Å²) in [5.41, 5.74) is 0.496. The monoisotopic (exact) mass is 225 g/mol. The lowest BCUT2D eigenvalue weighted by molar-refractivity contribution is -0.143. The maximum absolute atomic E-state index is 11.6. The van der Waals surface area contributed by atoms with Gasteiger partial charge in [-0.3, -0.25) is 14.5 Å². The molecule has 0 aromatic heterocycles. The SMILES string of the molecule is CC(=CC(=O)O)CN1C(=O)CCCCC1=O. The van der Waals surface area contributed by atoms with Crippen molar-refractivity contribution in [2.75, 3.05) is 6.54 Å². The predicted molar refractivity (Wildman–Crippen MR) is 56.6 cm³/mol. The summed E-state index contributed by atoms with van der Waals surface area (Å²) in [6.45, 7) is 1.68. The molecule has 1 aliphatic heterocycles. The summed E-state index contributed by atoms with van der Waals surface area (Å²) < 4.78 is 0. The molecule has 0 aromatic rings. The summed E-state index contributed by atoms with van der Waals surface area (Å²) in [7, 11) is 0. The van der Waals surface area contributed by atoms with Gasteiger partial charge in [0.05, 0.1) is 0 Å². The Morgan fingerprint density at radius 3 is 2.25 bits per heavy atom. The Morgan fingerprint density at radius 1 is 1.31 bits per heavy atom. The lowest BCUT2D eigenvalue weighted by atomic mass is 10.2. The Bertz CT molecular complexity index is 328. The molecule has 1 N–H and O–H groups in total. The summed E-state index contributed by atoms with van der Waals surface area (Å²) in [6, 6.07) is 0. The first kappa shape index (κ1) is 12.4. The summed E-state index contributed by atoms with van der Waals surface area (Å²) in [5, 5.41) is 8.54. The van der Waals surface area contributed by atoms with Crippen molar-refractivity contribution >= 4 is 17.8 Å². The van der Waals surface area contributed by atoms with Crippen molar-refractivity contribution in [1.82, 2.24) is 4.90 Å². The standard InChI is InChI=1S/C11H15NO4/c1-8(6-11(15)16)7-12-9(13)4-2-3-5-10(12)14/h6H,2-5,7H2,1H3,(H,15,16). The number of nitrogens with zero attached hydrogens (tertiary/aromatic N) is 1. The summed E-state index contributed by atoms with van der Waals surface area (Å²) in [6.07, 6.45) is 3.20. The van der Waals surface area contributed by atoms with E-state index in [9.17, 15) is 14.4 Å². The Labute approximate surface area is 93.7 Å². The smallest absolute Gasteiger partial charge is 0.328 e. The number of aliphatic carboxylic acids is 1. The van der Waals surface area contributed by atoms with Crippen LogP contribution in [0.3, 0.4) is 0 Å². The van der Waals surface area contributed by atoms with Crippen LogP contribution in [-0.4, -0.2) is 34.3 Å². The Hall–Kier alpha value is -1.65. The number of amides is 2. The van der Waals surface area contributed by atoms with E-state index < -0.39 is 5.97 Å². The third-order valence-corrected chi connectivity index (χ3v) is 2.41. The molecule has 0 saturated carbocycles. The Kier molecular flexibility index (Phi) is 4.22. The Morgan fingerprint density at radius 2 is 1.81 bits per heavy atom. The van der Waals surface area contributed by atoms with Crippen LogP contribution in [0, 0.1) is 0 Å². The number of rotatable bonds is 3. The number of carbonyl (C=O) groups is 3. The van der Waals surface area contributed by atoms with Crippen LogP contribution in [0.15, 0.2) is 11.6 Å². The second kappa shape index (κ2) is 5.44. The van der Waals surface area contributed by atoms with E-state index in [2.05, 4.69) is 0 Å². The van der Waals surface area contributed by atoms with Crippen LogP contribution in [0.2, 0.25) is 0 Å². The van der Waals surface area contributed by atoms with E-state index in [-0.39, 0.29) is 18.4 Å². The van der Waals surface area contributed by atoms with Crippen molar-refractivity contribution < 1.29 is 19.5 Å². The fourth-order valence-corrected chi connectivity index (χ4v) is 1.64. The lowest BCUT2D eigenvalue weighted by Crippen LogP contribution is -2.36. The van der Waals surface area contributed by atoms with E-state index in [0.717, 1.165) is 23.8 Å². The van der Waals surface area contributed by atoms with E-state index in [1.807, 2.05) is 0 Å². The Balaban J connectivity index is 2.72. The van der Waals surface area contributed by atoms with E-state index in [0.29, 0.717) is 18.4 Å². The van der Waals surface area contributed by atoms with Gasteiger partial charge >= 0.3 is 5.97 Å². The van der Waals surface area contributed by atoms with E-state index in [4.69, 9.17) is 5.11 Å². The maximum atomic E-state index is 11.6. The van der Waals surface area contributed by atoms with Crippen molar-refractivity contribution in [3.8, 4) is 0 Å². The molecule has 5 nitrogen and oxygen atoms in total. The molecule has 1 saturated heterocycles. The van der Waals surface area contributed by atoms with E-state index in [1.54, 1.807) is 6.92 Å². The molecular formula is C11H15NO4. The number of likely N-dealkylation sites (tertiary alicyclic amines) is 1. The molecule has 0 unspecified atom stereocenters. The molecular weight excluding hydrogens is 210 g/mol. The molecule has 5 heteroatoms. The van der Waals surface area contributed by atoms with Crippen LogP contribution >= 0.6 is 0 Å². The van der Waals surface area contributed by atoms with Gasteiger partial charge in [0.2, 0.25) is 11.8 Å². The molecule has 0 bridgehead atoms. The number of carboxylic acids is 1. The lowest BCUT2D eigenvalue weighted by Gasteiger charge is -2.18. The van der Waals surface area contributed by atoms with E-state index >= 15 is 0 Å². The minimum atomic E-state index is -1.06. The van der Waals surface area contributed by atoms with Crippen molar-refractivity contribution in [3.63, 3.8) is 0 Å². The van der Waals surface area contributed by atoms with Gasteiger partial charge in [-0.15, -0.1) is 0 Å². The van der Waals surface area contributed by atoms with Crippen LogP contribution in [0.5, 0.6) is 0 Å². The van der Waals surface area contributed by atoms with Gasteiger partial charge in [0.1, 0.15) is 0 Å². The number of carbonyl (C=O) groups excluding carboxylic acids is 2. The highest BCUT2D eigenvalue weighted by Crippen LogP contribution is 2.13. The molecule has 0 spiro atoms. The second-order valence-electron chi connectivity index (χ2n) is 3.91. The molecule has 0 radical (unpaired) electrons. The van der Waals surface area contributed by atoms with Crippen LogP contribution < -0.4 is 0 Å². The first-order valence-corrected chi connectivity index (χ1v) is 5.24. The zero-order valence-corrected chi connectivity index (χ0v) is 9.23. The number of hydrogen-bond acceptors (Lipinski definition) is 3. The summed E-state index contributed by atoms with van der Waals surface area (Å²) >= 11 is 0. The fourth-order valence-electron chi connectivity index (χ4n) is 1.64. The molecule has 1 aliphatic rings. The summed E-state index contributed by atoms with van der Waals surface area (Å²) in [4.78, 5) is 34.7. The van der Waals surface area contributed by atoms with Crippen molar-refractivity contribution in [3.05, 3.63) is 11.6 Å². The predicted octanol–water partition coefficient (Wildman–Crippen LogP) is 0.947. The van der Waals surface area contributed by atoms with Crippen molar-refractivity contribution in [2.45, 2.75) is 32.6 Å². The van der Waals surface area contributed by atoms with Crippen LogP contribution in [0.4, 0.5) is 0 Å². The molecule has 1 heterocycles. The minimum absolute atomic E-state index is 0.0873. The van der Waals surface area contributed by atoms with Gasteiger partial charge in [0.25, 0.3) is 0 Å². The zero-order valence-electron chi connectivity index (χ0n) is 9.23. The summed E-state index contributed by atoms with van der Waals surface area (Å²) in [5.74, 6) is -1.48. The number of hydrogen-bond donors (Lipinski definition) is 1. The zero-order chi connectivity index (χ0) is 12.1. The molecule has 16 heavy (non-hydrogen) atoms. The highest BCUT2D eigenvalue weighted by atomic mass is 16.4. The second-order valence-corrected chi connectivity index (χ2v) is 3.91. The van der Waals surface area contributed by atoms with Crippen LogP contribution in [0.1, 0.15) is 32.6 Å². The average molecular weight is 225 g/mol. The van der Waals surface area contributed by atoms with Crippen molar-refractivity contribution in [2.24, 2.45) is 0 Å².